The number of phenols is 2. The second-order valence-corrected chi connectivity index (χ2v) is 17.9. The Labute approximate surface area is 376 Å². The van der Waals surface area contributed by atoms with Crippen molar-refractivity contribution in [3.8, 4) is 56.8 Å². The fraction of sp³-hybridized carbons (Fsp3) is 0.526. The van der Waals surface area contributed by atoms with Crippen molar-refractivity contribution in [3.05, 3.63) is 102 Å². The molecule has 0 radical (unpaired) electrons. The Morgan fingerprint density at radius 2 is 0.645 bits per heavy atom. The summed E-state index contributed by atoms with van der Waals surface area (Å²) in [5.74, 6) is 1.60. The summed E-state index contributed by atoms with van der Waals surface area (Å²) in [6, 6.07) is 30.3. The Bertz CT molecular complexity index is 1860. The topological polar surface area (TPSA) is 79.1 Å². The number of rotatable bonds is 32. The van der Waals surface area contributed by atoms with Crippen LogP contribution in [0.1, 0.15) is 192 Å². The third-order valence-electron chi connectivity index (χ3n) is 12.6. The lowest BCUT2D eigenvalue weighted by Gasteiger charge is -2.12. The van der Waals surface area contributed by atoms with E-state index in [4.69, 9.17) is 15.0 Å². The molecular formula is C57H79N3O2. The van der Waals surface area contributed by atoms with Crippen LogP contribution >= 0.6 is 0 Å². The lowest BCUT2D eigenvalue weighted by molar-refractivity contribution is 0.475. The van der Waals surface area contributed by atoms with Gasteiger partial charge in [0.05, 0.1) is 11.1 Å². The molecule has 0 fully saturated rings. The number of aromatic nitrogens is 3. The fourth-order valence-corrected chi connectivity index (χ4v) is 8.73. The largest absolute Gasteiger partial charge is 0.507 e. The highest BCUT2D eigenvalue weighted by Crippen LogP contribution is 2.35. The number of hydrogen-bond donors (Lipinski definition) is 2. The van der Waals surface area contributed by atoms with E-state index >= 15 is 0 Å². The van der Waals surface area contributed by atoms with Crippen LogP contribution in [0.4, 0.5) is 0 Å². The average molecular weight is 838 g/mol. The van der Waals surface area contributed by atoms with E-state index in [0.717, 1.165) is 53.5 Å². The quantitative estimate of drug-likeness (QED) is 0.0422. The molecule has 5 rings (SSSR count). The van der Waals surface area contributed by atoms with E-state index in [0.29, 0.717) is 28.6 Å². The molecule has 62 heavy (non-hydrogen) atoms. The molecule has 0 atom stereocenters. The highest BCUT2D eigenvalue weighted by Gasteiger charge is 2.18. The summed E-state index contributed by atoms with van der Waals surface area (Å²) in [6.07, 6.45) is 36.5. The molecular weight excluding hydrogens is 759 g/mol. The minimum Gasteiger partial charge on any atom is -0.507 e. The van der Waals surface area contributed by atoms with Crippen molar-refractivity contribution in [2.24, 2.45) is 0 Å². The standard InChI is InChI=1S/C57H79N3O2/c1-3-5-7-9-11-13-15-17-19-21-23-25-28-32-46-36-42-51(53(61)44-46)56-58-55(50-40-38-49(39-41-50)48-34-30-27-31-35-48)59-57(60-56)52-43-37-47(45-54(52)62)33-29-26-24-22-20-18-16-14-12-10-8-6-4-2/h27,30-31,34-45,61-62H,3-26,28-29,32-33H2,1-2H3. The van der Waals surface area contributed by atoms with Gasteiger partial charge in [-0.2, -0.15) is 0 Å². The number of phenolic OH excluding ortho intramolecular Hbond substituents is 2. The normalized spacial score (nSPS) is 11.4. The molecule has 5 aromatic rings. The van der Waals surface area contributed by atoms with Crippen molar-refractivity contribution in [1.82, 2.24) is 15.0 Å². The lowest BCUT2D eigenvalue weighted by Crippen LogP contribution is -2.01. The number of nitrogens with zero attached hydrogens (tertiary/aromatic N) is 3. The molecule has 0 bridgehead atoms. The minimum absolute atomic E-state index is 0.164. The highest BCUT2D eigenvalue weighted by atomic mass is 16.3. The second kappa shape index (κ2) is 29.0. The zero-order chi connectivity index (χ0) is 43.5. The van der Waals surface area contributed by atoms with E-state index in [1.54, 1.807) is 0 Å². The van der Waals surface area contributed by atoms with Crippen LogP contribution in [0.25, 0.3) is 45.3 Å². The van der Waals surface area contributed by atoms with Gasteiger partial charge < -0.3 is 10.2 Å². The van der Waals surface area contributed by atoms with E-state index in [1.807, 2.05) is 54.6 Å². The van der Waals surface area contributed by atoms with Crippen molar-refractivity contribution < 1.29 is 10.2 Å². The molecule has 334 valence electrons. The van der Waals surface area contributed by atoms with Crippen molar-refractivity contribution in [3.63, 3.8) is 0 Å². The molecule has 0 spiro atoms. The number of aromatic hydroxyl groups is 2. The van der Waals surface area contributed by atoms with Crippen molar-refractivity contribution in [1.29, 1.82) is 0 Å². The van der Waals surface area contributed by atoms with Gasteiger partial charge in [-0.3, -0.25) is 0 Å². The average Bonchev–Trinajstić information content (AvgIpc) is 3.29. The van der Waals surface area contributed by atoms with Gasteiger partial charge in [-0.05, 0) is 72.2 Å². The molecule has 5 heteroatoms. The minimum atomic E-state index is 0.164. The molecule has 1 aromatic heterocycles. The highest BCUT2D eigenvalue weighted by molar-refractivity contribution is 5.73. The van der Waals surface area contributed by atoms with E-state index in [9.17, 15) is 10.2 Å². The first kappa shape index (κ1) is 48.5. The molecule has 0 aliphatic heterocycles. The SMILES string of the molecule is CCCCCCCCCCCCCCCc1ccc(-c2nc(-c3ccc(-c4ccccc4)cc3)nc(-c3ccc(CCCCCCCCCCCCCCC)cc3O)n2)c(O)c1. The van der Waals surface area contributed by atoms with Crippen LogP contribution in [0.15, 0.2) is 91.0 Å². The Kier molecular flexibility index (Phi) is 22.7. The predicted octanol–water partition coefficient (Wildman–Crippen LogP) is 17.2. The summed E-state index contributed by atoms with van der Waals surface area (Å²) in [5, 5.41) is 22.8. The van der Waals surface area contributed by atoms with Crippen LogP contribution in [0, 0.1) is 0 Å². The monoisotopic (exact) mass is 838 g/mol. The molecule has 2 N–H and O–H groups in total. The number of unbranched alkanes of at least 4 members (excludes halogenated alkanes) is 24. The van der Waals surface area contributed by atoms with Crippen LogP contribution in [0.3, 0.4) is 0 Å². The van der Waals surface area contributed by atoms with E-state index < -0.39 is 0 Å². The third-order valence-corrected chi connectivity index (χ3v) is 12.6. The fourth-order valence-electron chi connectivity index (χ4n) is 8.73. The molecule has 0 aliphatic rings. The first-order chi connectivity index (χ1) is 30.6. The van der Waals surface area contributed by atoms with Crippen molar-refractivity contribution in [2.45, 2.75) is 194 Å². The molecule has 0 aliphatic carbocycles. The maximum atomic E-state index is 11.4. The summed E-state index contributed by atoms with van der Waals surface area (Å²) >= 11 is 0. The summed E-state index contributed by atoms with van der Waals surface area (Å²) in [4.78, 5) is 14.7. The Hall–Kier alpha value is -4.51. The van der Waals surface area contributed by atoms with Crippen molar-refractivity contribution >= 4 is 0 Å². The Morgan fingerprint density at radius 3 is 1.02 bits per heavy atom. The van der Waals surface area contributed by atoms with Gasteiger partial charge in [0.15, 0.2) is 17.5 Å². The number of hydrogen-bond acceptors (Lipinski definition) is 5. The Balaban J connectivity index is 1.18. The Morgan fingerprint density at radius 1 is 0.323 bits per heavy atom. The number of benzene rings is 4. The van der Waals surface area contributed by atoms with Gasteiger partial charge in [0.2, 0.25) is 0 Å². The van der Waals surface area contributed by atoms with Gasteiger partial charge >= 0.3 is 0 Å². The molecule has 4 aromatic carbocycles. The lowest BCUT2D eigenvalue weighted by atomic mass is 10.0. The van der Waals surface area contributed by atoms with Gasteiger partial charge in [0, 0.05) is 5.56 Å². The van der Waals surface area contributed by atoms with E-state index in [2.05, 4.69) is 50.2 Å². The number of aryl methyl sites for hydroxylation is 2. The molecule has 0 amide bonds. The summed E-state index contributed by atoms with van der Waals surface area (Å²) < 4.78 is 0. The molecule has 1 heterocycles. The third kappa shape index (κ3) is 17.3. The summed E-state index contributed by atoms with van der Waals surface area (Å²) in [7, 11) is 0. The van der Waals surface area contributed by atoms with Crippen LogP contribution in [-0.4, -0.2) is 25.2 Å². The van der Waals surface area contributed by atoms with Gasteiger partial charge in [0.25, 0.3) is 0 Å². The van der Waals surface area contributed by atoms with Crippen LogP contribution in [0.2, 0.25) is 0 Å². The summed E-state index contributed by atoms with van der Waals surface area (Å²) in [5.41, 5.74) is 6.45. The zero-order valence-corrected chi connectivity index (χ0v) is 38.7. The summed E-state index contributed by atoms with van der Waals surface area (Å²) in [6.45, 7) is 4.56. The second-order valence-electron chi connectivity index (χ2n) is 17.9. The van der Waals surface area contributed by atoms with E-state index in [1.165, 1.54) is 154 Å². The van der Waals surface area contributed by atoms with Gasteiger partial charge in [-0.25, -0.2) is 15.0 Å². The molecule has 0 unspecified atom stereocenters. The van der Waals surface area contributed by atoms with Crippen LogP contribution < -0.4 is 0 Å². The van der Waals surface area contributed by atoms with Crippen molar-refractivity contribution in [2.75, 3.05) is 0 Å². The van der Waals surface area contributed by atoms with Gasteiger partial charge in [-0.1, -0.05) is 235 Å². The first-order valence-electron chi connectivity index (χ1n) is 25.1. The van der Waals surface area contributed by atoms with Crippen LogP contribution in [-0.2, 0) is 12.8 Å². The first-order valence-corrected chi connectivity index (χ1v) is 25.1. The smallest absolute Gasteiger partial charge is 0.167 e. The van der Waals surface area contributed by atoms with E-state index in [-0.39, 0.29) is 11.5 Å². The zero-order valence-electron chi connectivity index (χ0n) is 38.7. The molecule has 5 nitrogen and oxygen atoms in total. The predicted molar refractivity (Wildman–Crippen MR) is 264 cm³/mol. The maximum Gasteiger partial charge on any atom is 0.167 e. The molecule has 0 saturated carbocycles. The maximum absolute atomic E-state index is 11.4. The van der Waals surface area contributed by atoms with Gasteiger partial charge in [0.1, 0.15) is 11.5 Å². The molecule has 0 saturated heterocycles. The van der Waals surface area contributed by atoms with Gasteiger partial charge in [-0.15, -0.1) is 0 Å². The van der Waals surface area contributed by atoms with Crippen LogP contribution in [0.5, 0.6) is 11.5 Å².